The predicted octanol–water partition coefficient (Wildman–Crippen LogP) is 5.82. The summed E-state index contributed by atoms with van der Waals surface area (Å²) in [6.07, 6.45) is 0. The Morgan fingerprint density at radius 2 is 1.78 bits per heavy atom. The molecule has 3 N–H and O–H groups in total. The first-order valence-electron chi connectivity index (χ1n) is 10.9. The summed E-state index contributed by atoms with van der Waals surface area (Å²) in [5.41, 5.74) is 14.7. The number of aryl methyl sites for hydroxylation is 2. The SMILES string of the molecule is Cc1cc(-c2[nH]c3ccc(C(=O)N(C)Cc4cccc(N)c4)cc3c2C(C)C)cc(C)n1. The number of nitrogens with two attached hydrogens (primary N) is 1. The molecule has 0 atom stereocenters. The molecule has 0 aliphatic rings. The molecule has 4 aromatic rings. The molecule has 5 heteroatoms. The largest absolute Gasteiger partial charge is 0.399 e. The molecule has 0 spiro atoms. The molecule has 0 bridgehead atoms. The van der Waals surface area contributed by atoms with E-state index in [9.17, 15) is 4.79 Å². The zero-order valence-electron chi connectivity index (χ0n) is 19.4. The monoisotopic (exact) mass is 426 g/mol. The molecule has 0 radical (unpaired) electrons. The third kappa shape index (κ3) is 4.24. The summed E-state index contributed by atoms with van der Waals surface area (Å²) in [4.78, 5) is 23.0. The molecular weight excluding hydrogens is 396 g/mol. The van der Waals surface area contributed by atoms with Gasteiger partial charge in [-0.05, 0) is 73.4 Å². The first-order chi connectivity index (χ1) is 15.2. The van der Waals surface area contributed by atoms with E-state index >= 15 is 0 Å². The van der Waals surface area contributed by atoms with E-state index in [1.807, 2.05) is 63.4 Å². The van der Waals surface area contributed by atoms with Gasteiger partial charge in [0.05, 0.1) is 5.69 Å². The van der Waals surface area contributed by atoms with Gasteiger partial charge in [-0.25, -0.2) is 0 Å². The van der Waals surface area contributed by atoms with Crippen molar-refractivity contribution in [2.75, 3.05) is 12.8 Å². The van der Waals surface area contributed by atoms with E-state index in [0.29, 0.717) is 23.7 Å². The van der Waals surface area contributed by atoms with Crippen molar-refractivity contribution in [1.29, 1.82) is 0 Å². The van der Waals surface area contributed by atoms with Crippen molar-refractivity contribution in [3.8, 4) is 11.3 Å². The molecule has 2 heterocycles. The van der Waals surface area contributed by atoms with Gasteiger partial charge < -0.3 is 15.6 Å². The topological polar surface area (TPSA) is 75.0 Å². The van der Waals surface area contributed by atoms with Gasteiger partial charge in [0, 0.05) is 52.7 Å². The van der Waals surface area contributed by atoms with Gasteiger partial charge in [-0.2, -0.15) is 0 Å². The summed E-state index contributed by atoms with van der Waals surface area (Å²) >= 11 is 0. The standard InChI is InChI=1S/C27H30N4O/c1-16(2)25-23-14-20(27(32)31(5)15-19-7-6-8-22(28)13-19)9-10-24(23)30-26(25)21-11-17(3)29-18(4)12-21/h6-14,16,30H,15,28H2,1-5H3. The zero-order valence-corrected chi connectivity index (χ0v) is 19.4. The molecule has 2 aromatic heterocycles. The first-order valence-corrected chi connectivity index (χ1v) is 10.9. The van der Waals surface area contributed by atoms with Crippen LogP contribution in [-0.2, 0) is 6.54 Å². The number of anilines is 1. The Bertz CT molecular complexity index is 1280. The van der Waals surface area contributed by atoms with Gasteiger partial charge in [-0.15, -0.1) is 0 Å². The van der Waals surface area contributed by atoms with Crippen LogP contribution in [0.3, 0.4) is 0 Å². The minimum absolute atomic E-state index is 0.0117. The van der Waals surface area contributed by atoms with Crippen molar-refractivity contribution < 1.29 is 4.79 Å². The Labute approximate surface area is 189 Å². The zero-order chi connectivity index (χ0) is 23.0. The van der Waals surface area contributed by atoms with Crippen LogP contribution < -0.4 is 5.73 Å². The van der Waals surface area contributed by atoms with E-state index in [4.69, 9.17) is 5.73 Å². The molecule has 4 rings (SSSR count). The number of pyridine rings is 1. The molecule has 1 amide bonds. The maximum Gasteiger partial charge on any atom is 0.253 e. The highest BCUT2D eigenvalue weighted by atomic mass is 16.2. The molecule has 0 fully saturated rings. The molecule has 0 saturated heterocycles. The number of amides is 1. The van der Waals surface area contributed by atoms with E-state index in [1.165, 1.54) is 5.56 Å². The molecule has 32 heavy (non-hydrogen) atoms. The van der Waals surface area contributed by atoms with Gasteiger partial charge in [0.1, 0.15) is 0 Å². The minimum atomic E-state index is -0.0117. The van der Waals surface area contributed by atoms with Crippen LogP contribution in [0.2, 0.25) is 0 Å². The quantitative estimate of drug-likeness (QED) is 0.395. The van der Waals surface area contributed by atoms with Crippen molar-refractivity contribution in [3.05, 3.63) is 82.7 Å². The number of hydrogen-bond donors (Lipinski definition) is 2. The molecule has 0 aliphatic heterocycles. The summed E-state index contributed by atoms with van der Waals surface area (Å²) in [6, 6.07) is 17.8. The Balaban J connectivity index is 1.73. The lowest BCUT2D eigenvalue weighted by atomic mass is 9.95. The van der Waals surface area contributed by atoms with Crippen LogP contribution in [0.1, 0.15) is 52.6 Å². The molecule has 0 saturated carbocycles. The summed E-state index contributed by atoms with van der Waals surface area (Å²) in [6.45, 7) is 8.91. The molecular formula is C27H30N4O. The average molecular weight is 427 g/mol. The lowest BCUT2D eigenvalue weighted by Gasteiger charge is -2.18. The third-order valence-electron chi connectivity index (χ3n) is 5.75. The van der Waals surface area contributed by atoms with E-state index in [2.05, 4.69) is 35.9 Å². The summed E-state index contributed by atoms with van der Waals surface area (Å²) < 4.78 is 0. The summed E-state index contributed by atoms with van der Waals surface area (Å²) in [5.74, 6) is 0.283. The van der Waals surface area contributed by atoms with Crippen molar-refractivity contribution in [3.63, 3.8) is 0 Å². The lowest BCUT2D eigenvalue weighted by molar-refractivity contribution is 0.0785. The van der Waals surface area contributed by atoms with Gasteiger partial charge in [0.2, 0.25) is 0 Å². The number of rotatable bonds is 5. The van der Waals surface area contributed by atoms with Gasteiger partial charge in [0.15, 0.2) is 0 Å². The van der Waals surface area contributed by atoms with Crippen molar-refractivity contribution >= 4 is 22.5 Å². The number of carbonyl (C=O) groups is 1. The number of carbonyl (C=O) groups excluding carboxylic acids is 1. The van der Waals surface area contributed by atoms with Gasteiger partial charge in [0.25, 0.3) is 5.91 Å². The van der Waals surface area contributed by atoms with E-state index in [-0.39, 0.29) is 5.91 Å². The fourth-order valence-electron chi connectivity index (χ4n) is 4.41. The van der Waals surface area contributed by atoms with Gasteiger partial charge in [-0.3, -0.25) is 9.78 Å². The number of H-pyrrole nitrogens is 1. The molecule has 0 aliphatic carbocycles. The maximum absolute atomic E-state index is 13.2. The van der Waals surface area contributed by atoms with Crippen LogP contribution in [0.15, 0.2) is 54.6 Å². The lowest BCUT2D eigenvalue weighted by Crippen LogP contribution is -2.26. The van der Waals surface area contributed by atoms with Crippen LogP contribution in [0.5, 0.6) is 0 Å². The highest BCUT2D eigenvalue weighted by Crippen LogP contribution is 2.36. The number of aromatic nitrogens is 2. The van der Waals surface area contributed by atoms with Crippen molar-refractivity contribution in [2.45, 2.75) is 40.2 Å². The van der Waals surface area contributed by atoms with Crippen molar-refractivity contribution in [1.82, 2.24) is 14.9 Å². The van der Waals surface area contributed by atoms with E-state index < -0.39 is 0 Å². The Kier molecular flexibility index (Phi) is 5.74. The fraction of sp³-hybridized carbons (Fsp3) is 0.259. The average Bonchev–Trinajstić information content (AvgIpc) is 3.11. The highest BCUT2D eigenvalue weighted by molar-refractivity contribution is 6.00. The number of nitrogens with zero attached hydrogens (tertiary/aromatic N) is 2. The number of hydrogen-bond acceptors (Lipinski definition) is 3. The second kappa shape index (κ2) is 8.50. The van der Waals surface area contributed by atoms with Crippen LogP contribution in [0.4, 0.5) is 5.69 Å². The molecule has 2 aromatic carbocycles. The third-order valence-corrected chi connectivity index (χ3v) is 5.75. The first kappa shape index (κ1) is 21.6. The van der Waals surface area contributed by atoms with Crippen LogP contribution in [0, 0.1) is 13.8 Å². The summed E-state index contributed by atoms with van der Waals surface area (Å²) in [7, 11) is 1.82. The maximum atomic E-state index is 13.2. The van der Waals surface area contributed by atoms with Crippen molar-refractivity contribution in [2.24, 2.45) is 0 Å². The van der Waals surface area contributed by atoms with Crippen LogP contribution in [-0.4, -0.2) is 27.8 Å². The molecule has 0 unspecified atom stereocenters. The number of nitrogens with one attached hydrogen (secondary N) is 1. The van der Waals surface area contributed by atoms with E-state index in [1.54, 1.807) is 4.90 Å². The van der Waals surface area contributed by atoms with Gasteiger partial charge in [-0.1, -0.05) is 26.0 Å². The number of nitrogen functional groups attached to an aromatic ring is 1. The second-order valence-electron chi connectivity index (χ2n) is 8.87. The normalized spacial score (nSPS) is 11.3. The number of benzene rings is 2. The minimum Gasteiger partial charge on any atom is -0.399 e. The Morgan fingerprint density at radius 3 is 2.44 bits per heavy atom. The fourth-order valence-corrected chi connectivity index (χ4v) is 4.41. The predicted molar refractivity (Wildman–Crippen MR) is 132 cm³/mol. The highest BCUT2D eigenvalue weighted by Gasteiger charge is 2.19. The van der Waals surface area contributed by atoms with E-state index in [0.717, 1.165) is 39.1 Å². The second-order valence-corrected chi connectivity index (χ2v) is 8.87. The number of fused-ring (bicyclic) bond motifs is 1. The number of aromatic amines is 1. The summed E-state index contributed by atoms with van der Waals surface area (Å²) in [5, 5.41) is 1.09. The smallest absolute Gasteiger partial charge is 0.253 e. The molecule has 164 valence electrons. The van der Waals surface area contributed by atoms with Crippen LogP contribution in [0.25, 0.3) is 22.2 Å². The van der Waals surface area contributed by atoms with Crippen LogP contribution >= 0.6 is 0 Å². The molecule has 5 nitrogen and oxygen atoms in total. The Morgan fingerprint density at radius 1 is 1.06 bits per heavy atom. The Hall–Kier alpha value is -3.60. The van der Waals surface area contributed by atoms with Gasteiger partial charge >= 0.3 is 0 Å².